The van der Waals surface area contributed by atoms with Gasteiger partial charge in [-0.2, -0.15) is 0 Å². The molecule has 0 rings (SSSR count). The molecule has 0 aliphatic rings. The molecule has 0 aromatic heterocycles. The summed E-state index contributed by atoms with van der Waals surface area (Å²) in [5.74, 6) is -0.850. The molecule has 0 aromatic rings. The van der Waals surface area contributed by atoms with E-state index in [9.17, 15) is 9.59 Å². The maximum absolute atomic E-state index is 11.4. The van der Waals surface area contributed by atoms with Gasteiger partial charge in [-0.05, 0) is 6.42 Å². The molecule has 0 fully saturated rings. The largest absolute Gasteiger partial charge is 0.461 e. The molecule has 0 aromatic carbocycles. The third-order valence-corrected chi connectivity index (χ3v) is 3.30. The quantitative estimate of drug-likeness (QED) is 0.316. The van der Waals surface area contributed by atoms with Crippen LogP contribution in [0.4, 0.5) is 0 Å². The Kier molecular flexibility index (Phi) is 12.8. The number of hydrogen-bond acceptors (Lipinski definition) is 3. The number of carbonyl (C=O) groups is 2. The van der Waals surface area contributed by atoms with Crippen LogP contribution in [0.5, 0.6) is 0 Å². The Morgan fingerprint density at radius 3 is 1.86 bits per heavy atom. The smallest absolute Gasteiger partial charge is 0.354 e. The Labute approximate surface area is 129 Å². The summed E-state index contributed by atoms with van der Waals surface area (Å²) in [6, 6.07) is 0. The number of nitrogens with one attached hydrogen (secondary N) is 1. The third-order valence-electron chi connectivity index (χ3n) is 3.30. The second-order valence-electron chi connectivity index (χ2n) is 5.48. The van der Waals surface area contributed by atoms with Crippen molar-refractivity contribution in [1.29, 1.82) is 0 Å². The number of rotatable bonds is 13. The summed E-state index contributed by atoms with van der Waals surface area (Å²) in [5, 5.41) is 2.32. The van der Waals surface area contributed by atoms with Crippen molar-refractivity contribution in [3.63, 3.8) is 0 Å². The second kappa shape index (κ2) is 13.7. The normalized spacial score (nSPS) is 10.2. The third kappa shape index (κ3) is 13.4. The first-order valence-electron chi connectivity index (χ1n) is 8.21. The lowest BCUT2D eigenvalue weighted by Gasteiger charge is -2.07. The molecule has 0 spiro atoms. The summed E-state index contributed by atoms with van der Waals surface area (Å²) < 4.78 is 5.02. The zero-order valence-corrected chi connectivity index (χ0v) is 13.7. The summed E-state index contributed by atoms with van der Waals surface area (Å²) in [5.41, 5.74) is 0.00887. The number of unbranched alkanes of at least 4 members (excludes halogenated alkanes) is 9. The van der Waals surface area contributed by atoms with Gasteiger partial charge >= 0.3 is 5.97 Å². The zero-order chi connectivity index (χ0) is 15.9. The van der Waals surface area contributed by atoms with Gasteiger partial charge in [0.05, 0.1) is 6.61 Å². The van der Waals surface area contributed by atoms with E-state index in [0.717, 1.165) is 12.8 Å². The highest BCUT2D eigenvalue weighted by molar-refractivity contribution is 5.92. The molecule has 0 saturated heterocycles. The fourth-order valence-electron chi connectivity index (χ4n) is 2.11. The van der Waals surface area contributed by atoms with Crippen molar-refractivity contribution in [1.82, 2.24) is 5.32 Å². The molecule has 0 unspecified atom stereocenters. The average Bonchev–Trinajstić information content (AvgIpc) is 2.43. The van der Waals surface area contributed by atoms with Crippen molar-refractivity contribution in [3.05, 3.63) is 12.3 Å². The van der Waals surface area contributed by atoms with Crippen LogP contribution < -0.4 is 5.32 Å². The molecule has 1 amide bonds. The average molecular weight is 297 g/mol. The van der Waals surface area contributed by atoms with E-state index in [1.54, 1.807) is 0 Å². The minimum absolute atomic E-state index is 0.00887. The first-order chi connectivity index (χ1) is 10.1. The van der Waals surface area contributed by atoms with Crippen molar-refractivity contribution < 1.29 is 14.3 Å². The van der Waals surface area contributed by atoms with Crippen molar-refractivity contribution >= 4 is 11.9 Å². The van der Waals surface area contributed by atoms with E-state index in [4.69, 9.17) is 4.74 Å². The Bertz CT molecular complexity index is 313. The monoisotopic (exact) mass is 297 g/mol. The molecule has 4 nitrogen and oxygen atoms in total. The van der Waals surface area contributed by atoms with Gasteiger partial charge in [0, 0.05) is 6.92 Å². The van der Waals surface area contributed by atoms with E-state index in [1.807, 2.05) is 0 Å². The fourth-order valence-corrected chi connectivity index (χ4v) is 2.11. The molecule has 0 heterocycles. The van der Waals surface area contributed by atoms with Gasteiger partial charge in [-0.25, -0.2) is 4.79 Å². The number of hydrogen-bond donors (Lipinski definition) is 1. The number of esters is 1. The van der Waals surface area contributed by atoms with Crippen LogP contribution in [0.25, 0.3) is 0 Å². The van der Waals surface area contributed by atoms with Crippen LogP contribution >= 0.6 is 0 Å². The Balaban J connectivity index is 3.30. The lowest BCUT2D eigenvalue weighted by molar-refractivity contribution is -0.140. The summed E-state index contributed by atoms with van der Waals surface area (Å²) in [7, 11) is 0. The Morgan fingerprint density at radius 1 is 0.905 bits per heavy atom. The maximum atomic E-state index is 11.4. The Morgan fingerprint density at radius 2 is 1.38 bits per heavy atom. The molecular weight excluding hydrogens is 266 g/mol. The highest BCUT2D eigenvalue weighted by Crippen LogP contribution is 2.10. The first kappa shape index (κ1) is 19.7. The lowest BCUT2D eigenvalue weighted by atomic mass is 10.1. The summed E-state index contributed by atoms with van der Waals surface area (Å²) >= 11 is 0. The second-order valence-corrected chi connectivity index (χ2v) is 5.48. The molecular formula is C17H31NO3. The molecule has 0 atom stereocenters. The maximum Gasteiger partial charge on any atom is 0.354 e. The minimum Gasteiger partial charge on any atom is -0.461 e. The van der Waals surface area contributed by atoms with Gasteiger partial charge in [0.15, 0.2) is 0 Å². The van der Waals surface area contributed by atoms with E-state index in [1.165, 1.54) is 58.3 Å². The minimum atomic E-state index is -0.541. The van der Waals surface area contributed by atoms with Crippen molar-refractivity contribution in [2.24, 2.45) is 0 Å². The molecule has 4 heteroatoms. The highest BCUT2D eigenvalue weighted by atomic mass is 16.5. The fraction of sp³-hybridized carbons (Fsp3) is 0.765. The number of ether oxygens (including phenoxy) is 1. The van der Waals surface area contributed by atoms with Gasteiger partial charge in [0.1, 0.15) is 5.70 Å². The molecule has 21 heavy (non-hydrogen) atoms. The van der Waals surface area contributed by atoms with Gasteiger partial charge in [0.2, 0.25) is 5.91 Å². The van der Waals surface area contributed by atoms with Crippen LogP contribution in [0.2, 0.25) is 0 Å². The van der Waals surface area contributed by atoms with Crippen LogP contribution in [0, 0.1) is 0 Å². The molecule has 122 valence electrons. The molecule has 0 saturated carbocycles. The summed E-state index contributed by atoms with van der Waals surface area (Å²) in [4.78, 5) is 22.1. The van der Waals surface area contributed by atoms with Gasteiger partial charge in [-0.1, -0.05) is 71.3 Å². The number of amides is 1. The predicted octanol–water partition coefficient (Wildman–Crippen LogP) is 4.10. The van der Waals surface area contributed by atoms with Crippen molar-refractivity contribution in [3.8, 4) is 0 Å². The highest BCUT2D eigenvalue weighted by Gasteiger charge is 2.08. The SMILES string of the molecule is C=C(NC(C)=O)C(=O)OCCCCCCCCCCCC. The molecule has 0 aliphatic heterocycles. The van der Waals surface area contributed by atoms with E-state index in [-0.39, 0.29) is 11.6 Å². The van der Waals surface area contributed by atoms with Crippen LogP contribution in [-0.2, 0) is 14.3 Å². The standard InChI is InChI=1S/C17H31NO3/c1-4-5-6-7-8-9-10-11-12-13-14-21-17(20)15(2)18-16(3)19/h2,4-14H2,1,3H3,(H,18,19). The molecule has 0 radical (unpaired) electrons. The van der Waals surface area contributed by atoms with Gasteiger partial charge in [-0.15, -0.1) is 0 Å². The van der Waals surface area contributed by atoms with Crippen LogP contribution in [-0.4, -0.2) is 18.5 Å². The van der Waals surface area contributed by atoms with Crippen LogP contribution in [0.3, 0.4) is 0 Å². The van der Waals surface area contributed by atoms with Crippen LogP contribution in [0.1, 0.15) is 78.1 Å². The van der Waals surface area contributed by atoms with E-state index >= 15 is 0 Å². The summed E-state index contributed by atoms with van der Waals surface area (Å²) in [6.45, 7) is 7.42. The molecule has 0 bridgehead atoms. The van der Waals surface area contributed by atoms with Crippen LogP contribution in [0.15, 0.2) is 12.3 Å². The van der Waals surface area contributed by atoms with Gasteiger partial charge in [-0.3, -0.25) is 4.79 Å². The van der Waals surface area contributed by atoms with E-state index < -0.39 is 5.97 Å². The topological polar surface area (TPSA) is 55.4 Å². The van der Waals surface area contributed by atoms with E-state index in [2.05, 4.69) is 18.8 Å². The van der Waals surface area contributed by atoms with Crippen molar-refractivity contribution in [2.75, 3.05) is 6.61 Å². The number of carbonyl (C=O) groups excluding carboxylic acids is 2. The van der Waals surface area contributed by atoms with E-state index in [0.29, 0.717) is 6.61 Å². The lowest BCUT2D eigenvalue weighted by Crippen LogP contribution is -2.25. The zero-order valence-electron chi connectivity index (χ0n) is 13.7. The van der Waals surface area contributed by atoms with Gasteiger partial charge < -0.3 is 10.1 Å². The predicted molar refractivity (Wildman–Crippen MR) is 85.8 cm³/mol. The van der Waals surface area contributed by atoms with Crippen molar-refractivity contribution in [2.45, 2.75) is 78.1 Å². The molecule has 1 N–H and O–H groups in total. The summed E-state index contributed by atoms with van der Waals surface area (Å²) in [6.07, 6.45) is 12.4. The van der Waals surface area contributed by atoms with Gasteiger partial charge in [0.25, 0.3) is 0 Å². The Hall–Kier alpha value is -1.32. The first-order valence-corrected chi connectivity index (χ1v) is 8.21. The molecule has 0 aliphatic carbocycles.